The van der Waals surface area contributed by atoms with Crippen LogP contribution in [0, 0.1) is 6.92 Å². The number of hydrogen-bond acceptors (Lipinski definition) is 3. The van der Waals surface area contributed by atoms with Gasteiger partial charge in [-0.3, -0.25) is 9.88 Å². The van der Waals surface area contributed by atoms with E-state index in [1.807, 2.05) is 0 Å². The molecule has 1 saturated heterocycles. The lowest BCUT2D eigenvalue weighted by Crippen LogP contribution is -2.35. The van der Waals surface area contributed by atoms with Crippen molar-refractivity contribution < 1.29 is 0 Å². The molecule has 0 spiro atoms. The van der Waals surface area contributed by atoms with E-state index < -0.39 is 0 Å². The van der Waals surface area contributed by atoms with Gasteiger partial charge in [-0.2, -0.15) is 0 Å². The van der Waals surface area contributed by atoms with Crippen LogP contribution in [-0.4, -0.2) is 28.5 Å². The van der Waals surface area contributed by atoms with Crippen LogP contribution in [0.25, 0.3) is 10.9 Å². The largest absolute Gasteiger partial charge is 0.379 e. The molecule has 0 amide bonds. The van der Waals surface area contributed by atoms with Gasteiger partial charge in [0.15, 0.2) is 0 Å². The molecule has 0 atom stereocenters. The Morgan fingerprint density at radius 2 is 1.92 bits per heavy atom. The second kappa shape index (κ2) is 6.28. The molecule has 2 aliphatic rings. The number of hydrogen-bond donors (Lipinski definition) is 1. The first-order valence-corrected chi connectivity index (χ1v) is 9.92. The summed E-state index contributed by atoms with van der Waals surface area (Å²) in [6.45, 7) is 12.6. The first-order chi connectivity index (χ1) is 12.0. The van der Waals surface area contributed by atoms with Gasteiger partial charge < -0.3 is 5.32 Å². The molecule has 2 aliphatic heterocycles. The number of aromatic nitrogens is 1. The van der Waals surface area contributed by atoms with Crippen molar-refractivity contribution in [2.75, 3.05) is 18.4 Å². The average molecular weight is 338 g/mol. The minimum atomic E-state index is 0.161. The van der Waals surface area contributed by atoms with Crippen molar-refractivity contribution in [2.45, 2.75) is 71.9 Å². The summed E-state index contributed by atoms with van der Waals surface area (Å²) in [5.41, 5.74) is 8.22. The van der Waals surface area contributed by atoms with Gasteiger partial charge in [-0.25, -0.2) is 0 Å². The smallest absolute Gasteiger partial charge is 0.0729 e. The Labute approximate surface area is 151 Å². The fourth-order valence-corrected chi connectivity index (χ4v) is 4.51. The Hall–Kier alpha value is -1.61. The van der Waals surface area contributed by atoms with Crippen molar-refractivity contribution in [3.8, 4) is 0 Å². The highest BCUT2D eigenvalue weighted by Crippen LogP contribution is 2.38. The van der Waals surface area contributed by atoms with Crippen LogP contribution in [0.1, 0.15) is 62.4 Å². The fraction of sp³-hybridized carbons (Fsp3) is 0.591. The predicted octanol–water partition coefficient (Wildman–Crippen LogP) is 4.84. The summed E-state index contributed by atoms with van der Waals surface area (Å²) in [4.78, 5) is 7.58. The minimum absolute atomic E-state index is 0.161. The predicted molar refractivity (Wildman–Crippen MR) is 106 cm³/mol. The van der Waals surface area contributed by atoms with Crippen LogP contribution >= 0.6 is 0 Å². The van der Waals surface area contributed by atoms with E-state index in [1.54, 1.807) is 0 Å². The molecule has 25 heavy (non-hydrogen) atoms. The molecule has 1 aromatic heterocycles. The molecule has 3 heterocycles. The molecule has 0 aliphatic carbocycles. The van der Waals surface area contributed by atoms with E-state index in [1.165, 1.54) is 65.8 Å². The number of fused-ring (bicyclic) bond motifs is 3. The second-order valence-corrected chi connectivity index (χ2v) is 8.53. The number of nitrogens with one attached hydrogen (secondary N) is 1. The van der Waals surface area contributed by atoms with Gasteiger partial charge in [-0.1, -0.05) is 6.92 Å². The molecule has 1 N–H and O–H groups in total. The van der Waals surface area contributed by atoms with Crippen LogP contribution < -0.4 is 5.32 Å². The Bertz CT molecular complexity index is 801. The van der Waals surface area contributed by atoms with E-state index >= 15 is 0 Å². The van der Waals surface area contributed by atoms with E-state index in [9.17, 15) is 0 Å². The molecule has 3 nitrogen and oxygen atoms in total. The van der Waals surface area contributed by atoms with Gasteiger partial charge in [0.25, 0.3) is 0 Å². The first-order valence-electron chi connectivity index (χ1n) is 9.92. The Morgan fingerprint density at radius 3 is 2.64 bits per heavy atom. The quantitative estimate of drug-likeness (QED) is 0.869. The summed E-state index contributed by atoms with van der Waals surface area (Å²) in [6.07, 6.45) is 6.08. The van der Waals surface area contributed by atoms with Crippen LogP contribution in [0.4, 0.5) is 5.69 Å². The molecular weight excluding hydrogens is 306 g/mol. The summed E-state index contributed by atoms with van der Waals surface area (Å²) >= 11 is 0. The molecule has 0 saturated carbocycles. The molecule has 0 radical (unpaired) electrons. The van der Waals surface area contributed by atoms with Crippen LogP contribution in [-0.2, 0) is 19.4 Å². The number of rotatable bonds is 3. The number of likely N-dealkylation sites (tertiary alicyclic amines) is 1. The van der Waals surface area contributed by atoms with Gasteiger partial charge in [0.2, 0.25) is 0 Å². The fourth-order valence-electron chi connectivity index (χ4n) is 4.51. The van der Waals surface area contributed by atoms with Crippen molar-refractivity contribution >= 4 is 16.6 Å². The number of benzene rings is 1. The van der Waals surface area contributed by atoms with E-state index in [0.29, 0.717) is 0 Å². The average Bonchev–Trinajstić information content (AvgIpc) is 3.06. The maximum atomic E-state index is 4.99. The molecular formula is C22H31N3. The summed E-state index contributed by atoms with van der Waals surface area (Å²) in [7, 11) is 0. The van der Waals surface area contributed by atoms with Gasteiger partial charge in [0.05, 0.1) is 5.52 Å². The van der Waals surface area contributed by atoms with E-state index in [0.717, 1.165) is 24.9 Å². The van der Waals surface area contributed by atoms with Crippen molar-refractivity contribution in [3.05, 3.63) is 34.5 Å². The summed E-state index contributed by atoms with van der Waals surface area (Å²) in [5, 5.41) is 5.13. The molecule has 1 aromatic carbocycles. The van der Waals surface area contributed by atoms with Crippen LogP contribution in [0.5, 0.6) is 0 Å². The lowest BCUT2D eigenvalue weighted by Gasteiger charge is -2.35. The van der Waals surface area contributed by atoms with Gasteiger partial charge in [-0.05, 0) is 94.8 Å². The Kier molecular flexibility index (Phi) is 4.23. The van der Waals surface area contributed by atoms with Crippen LogP contribution in [0.15, 0.2) is 12.1 Å². The summed E-state index contributed by atoms with van der Waals surface area (Å²) < 4.78 is 0. The van der Waals surface area contributed by atoms with E-state index in [-0.39, 0.29) is 5.54 Å². The Balaban J connectivity index is 1.83. The second-order valence-electron chi connectivity index (χ2n) is 8.53. The zero-order chi connectivity index (χ0) is 17.6. The standard InChI is InChI=1S/C22H31N3/c1-5-16-12-19-20(13-17(16)14-25-10-6-7-11-25)23-15(2)18-8-9-22(3,4)24-21(18)19/h12-13,24H,5-11,14H2,1-4H3. The summed E-state index contributed by atoms with van der Waals surface area (Å²) in [5.74, 6) is 0. The summed E-state index contributed by atoms with van der Waals surface area (Å²) in [6, 6.07) is 4.78. The van der Waals surface area contributed by atoms with Gasteiger partial charge in [-0.15, -0.1) is 0 Å². The molecule has 4 rings (SSSR count). The van der Waals surface area contributed by atoms with Gasteiger partial charge >= 0.3 is 0 Å². The third-order valence-corrected chi connectivity index (χ3v) is 6.05. The van der Waals surface area contributed by atoms with E-state index in [4.69, 9.17) is 4.98 Å². The molecule has 0 bridgehead atoms. The zero-order valence-electron chi connectivity index (χ0n) is 16.2. The highest BCUT2D eigenvalue weighted by atomic mass is 15.1. The number of nitrogens with zero attached hydrogens (tertiary/aromatic N) is 2. The zero-order valence-corrected chi connectivity index (χ0v) is 16.2. The molecule has 0 unspecified atom stereocenters. The third-order valence-electron chi connectivity index (χ3n) is 6.05. The maximum Gasteiger partial charge on any atom is 0.0729 e. The SMILES string of the molecule is CCc1cc2c3c(c(C)nc2cc1CN1CCCC1)CCC(C)(C)N3. The van der Waals surface area contributed by atoms with Crippen LogP contribution in [0.3, 0.4) is 0 Å². The number of pyridine rings is 1. The van der Waals surface area contributed by atoms with E-state index in [2.05, 4.69) is 50.0 Å². The maximum absolute atomic E-state index is 4.99. The normalized spacial score (nSPS) is 19.8. The van der Waals surface area contributed by atoms with Crippen molar-refractivity contribution in [2.24, 2.45) is 0 Å². The third kappa shape index (κ3) is 3.15. The topological polar surface area (TPSA) is 28.2 Å². The molecule has 2 aromatic rings. The number of anilines is 1. The first kappa shape index (κ1) is 16.8. The highest BCUT2D eigenvalue weighted by molar-refractivity contribution is 5.95. The lowest BCUT2D eigenvalue weighted by molar-refractivity contribution is 0.330. The van der Waals surface area contributed by atoms with Gasteiger partial charge in [0.1, 0.15) is 0 Å². The molecule has 3 heteroatoms. The lowest BCUT2D eigenvalue weighted by atomic mass is 9.87. The Morgan fingerprint density at radius 1 is 1.16 bits per heavy atom. The molecule has 134 valence electrons. The monoisotopic (exact) mass is 337 g/mol. The van der Waals surface area contributed by atoms with Crippen molar-refractivity contribution in [3.63, 3.8) is 0 Å². The highest BCUT2D eigenvalue weighted by Gasteiger charge is 2.27. The number of aryl methyl sites for hydroxylation is 2. The van der Waals surface area contributed by atoms with Crippen molar-refractivity contribution in [1.82, 2.24) is 9.88 Å². The van der Waals surface area contributed by atoms with Gasteiger partial charge in [0, 0.05) is 28.9 Å². The minimum Gasteiger partial charge on any atom is -0.379 e. The van der Waals surface area contributed by atoms with Crippen molar-refractivity contribution in [1.29, 1.82) is 0 Å². The van der Waals surface area contributed by atoms with Crippen LogP contribution in [0.2, 0.25) is 0 Å². The molecule has 1 fully saturated rings.